The van der Waals surface area contributed by atoms with E-state index in [4.69, 9.17) is 0 Å². The van der Waals surface area contributed by atoms with Crippen LogP contribution in [0.3, 0.4) is 0 Å². The van der Waals surface area contributed by atoms with E-state index in [1.54, 1.807) is 0 Å². The van der Waals surface area contributed by atoms with Gasteiger partial charge in [-0.15, -0.1) is 0 Å². The van der Waals surface area contributed by atoms with Crippen LogP contribution in [0.15, 0.2) is 18.5 Å². The molecule has 0 aromatic carbocycles. The van der Waals surface area contributed by atoms with Gasteiger partial charge < -0.3 is 15.2 Å². The highest BCUT2D eigenvalue weighted by atomic mass is 16.1. The van der Waals surface area contributed by atoms with Gasteiger partial charge in [0, 0.05) is 44.5 Å². The van der Waals surface area contributed by atoms with Crippen LogP contribution in [0.4, 0.5) is 0 Å². The Morgan fingerprint density at radius 3 is 3.12 bits per heavy atom. The van der Waals surface area contributed by atoms with Crippen LogP contribution in [0.2, 0.25) is 0 Å². The molecule has 1 aliphatic rings. The van der Waals surface area contributed by atoms with E-state index >= 15 is 0 Å². The predicted molar refractivity (Wildman–Crippen MR) is 63.0 cm³/mol. The predicted octanol–water partition coefficient (Wildman–Crippen LogP) is 0.876. The molecule has 4 heteroatoms. The van der Waals surface area contributed by atoms with E-state index in [0.29, 0.717) is 12.5 Å². The third-order valence-corrected chi connectivity index (χ3v) is 3.04. The fraction of sp³-hybridized carbons (Fsp3) is 0.583. The van der Waals surface area contributed by atoms with Gasteiger partial charge in [0.25, 0.3) is 0 Å². The minimum absolute atomic E-state index is 0.176. The van der Waals surface area contributed by atoms with Gasteiger partial charge in [0.1, 0.15) is 0 Å². The Hall–Kier alpha value is -1.29. The number of rotatable bonds is 4. The van der Waals surface area contributed by atoms with Crippen LogP contribution in [-0.4, -0.2) is 23.1 Å². The highest BCUT2D eigenvalue weighted by molar-refractivity contribution is 5.76. The topological polar surface area (TPSA) is 46.1 Å². The van der Waals surface area contributed by atoms with Crippen LogP contribution in [0.25, 0.3) is 0 Å². The van der Waals surface area contributed by atoms with Crippen LogP contribution in [0.1, 0.15) is 25.3 Å². The maximum atomic E-state index is 11.0. The molecular formula is C12H19N3O. The van der Waals surface area contributed by atoms with Crippen molar-refractivity contribution in [3.05, 3.63) is 24.0 Å². The van der Waals surface area contributed by atoms with Crippen LogP contribution >= 0.6 is 0 Å². The molecule has 0 radical (unpaired) electrons. The summed E-state index contributed by atoms with van der Waals surface area (Å²) in [6.45, 7) is 4.79. The van der Waals surface area contributed by atoms with Crippen molar-refractivity contribution >= 4 is 5.91 Å². The minimum atomic E-state index is 0.176. The Kier molecular flexibility index (Phi) is 3.62. The zero-order valence-electron chi connectivity index (χ0n) is 9.70. The van der Waals surface area contributed by atoms with E-state index in [2.05, 4.69) is 40.6 Å². The van der Waals surface area contributed by atoms with Crippen molar-refractivity contribution in [2.24, 2.45) is 0 Å². The lowest BCUT2D eigenvalue weighted by atomic mass is 10.1. The molecule has 1 fully saturated rings. The molecule has 2 N–H and O–H groups in total. The summed E-state index contributed by atoms with van der Waals surface area (Å²) in [5.74, 6) is 0.176. The van der Waals surface area contributed by atoms with E-state index in [-0.39, 0.29) is 5.91 Å². The molecule has 0 saturated carbocycles. The van der Waals surface area contributed by atoms with Gasteiger partial charge in [-0.3, -0.25) is 4.79 Å². The monoisotopic (exact) mass is 221 g/mol. The molecule has 0 bridgehead atoms. The Balaban J connectivity index is 1.76. The number of nitrogens with one attached hydrogen (secondary N) is 2. The Morgan fingerprint density at radius 1 is 1.62 bits per heavy atom. The van der Waals surface area contributed by atoms with Crippen molar-refractivity contribution in [3.63, 3.8) is 0 Å². The number of aromatic nitrogens is 1. The lowest BCUT2D eigenvalue weighted by Crippen LogP contribution is -2.45. The van der Waals surface area contributed by atoms with Gasteiger partial charge in [0.05, 0.1) is 0 Å². The van der Waals surface area contributed by atoms with E-state index in [1.807, 2.05) is 0 Å². The Bertz CT molecular complexity index is 349. The molecule has 1 saturated heterocycles. The first-order valence-electron chi connectivity index (χ1n) is 5.92. The van der Waals surface area contributed by atoms with E-state index in [9.17, 15) is 4.79 Å². The number of nitrogens with zero attached hydrogens (tertiary/aromatic N) is 1. The van der Waals surface area contributed by atoms with Gasteiger partial charge in [0.15, 0.2) is 0 Å². The van der Waals surface area contributed by atoms with Crippen molar-refractivity contribution in [2.45, 2.75) is 38.9 Å². The summed E-state index contributed by atoms with van der Waals surface area (Å²) in [4.78, 5) is 11.0. The summed E-state index contributed by atoms with van der Waals surface area (Å²) in [5, 5.41) is 6.35. The number of hydrogen-bond acceptors (Lipinski definition) is 2. The summed E-state index contributed by atoms with van der Waals surface area (Å²) in [7, 11) is 0. The van der Waals surface area contributed by atoms with Crippen molar-refractivity contribution in [1.82, 2.24) is 15.2 Å². The average Bonchev–Trinajstić information content (AvgIpc) is 2.76. The van der Waals surface area contributed by atoms with Crippen molar-refractivity contribution in [3.8, 4) is 0 Å². The molecule has 16 heavy (non-hydrogen) atoms. The number of carbonyl (C=O) groups excluding carboxylic acids is 1. The van der Waals surface area contributed by atoms with Crippen LogP contribution in [0.5, 0.6) is 0 Å². The third kappa shape index (κ3) is 2.85. The van der Waals surface area contributed by atoms with Gasteiger partial charge in [-0.05, 0) is 25.0 Å². The molecule has 1 atom stereocenters. The first-order valence-corrected chi connectivity index (χ1v) is 5.92. The first-order chi connectivity index (χ1) is 7.78. The number of hydrogen-bond donors (Lipinski definition) is 2. The molecule has 88 valence electrons. The van der Waals surface area contributed by atoms with E-state index < -0.39 is 0 Å². The fourth-order valence-corrected chi connectivity index (χ4v) is 1.96. The second-order valence-electron chi connectivity index (χ2n) is 4.27. The van der Waals surface area contributed by atoms with Crippen molar-refractivity contribution < 1.29 is 4.79 Å². The van der Waals surface area contributed by atoms with Gasteiger partial charge in [-0.2, -0.15) is 0 Å². The van der Waals surface area contributed by atoms with Crippen LogP contribution in [0, 0.1) is 0 Å². The fourth-order valence-electron chi connectivity index (χ4n) is 1.96. The van der Waals surface area contributed by atoms with Gasteiger partial charge >= 0.3 is 0 Å². The summed E-state index contributed by atoms with van der Waals surface area (Å²) >= 11 is 0. The Labute approximate surface area is 96.0 Å². The quantitative estimate of drug-likeness (QED) is 0.792. The molecule has 1 aromatic heterocycles. The van der Waals surface area contributed by atoms with Crippen LogP contribution in [-0.2, 0) is 17.9 Å². The highest BCUT2D eigenvalue weighted by Gasteiger charge is 2.16. The zero-order valence-corrected chi connectivity index (χ0v) is 9.70. The highest BCUT2D eigenvalue weighted by Crippen LogP contribution is 2.05. The second-order valence-corrected chi connectivity index (χ2v) is 4.27. The summed E-state index contributed by atoms with van der Waals surface area (Å²) in [6, 6.07) is 2.56. The van der Waals surface area contributed by atoms with E-state index in [0.717, 1.165) is 26.1 Å². The molecular weight excluding hydrogens is 202 g/mol. The molecule has 2 heterocycles. The summed E-state index contributed by atoms with van der Waals surface area (Å²) in [5.41, 5.74) is 1.30. The lowest BCUT2D eigenvalue weighted by Gasteiger charge is -2.23. The van der Waals surface area contributed by atoms with Gasteiger partial charge in [-0.1, -0.05) is 0 Å². The average molecular weight is 221 g/mol. The molecule has 0 aliphatic carbocycles. The molecule has 4 nitrogen and oxygen atoms in total. The Morgan fingerprint density at radius 2 is 2.50 bits per heavy atom. The first kappa shape index (κ1) is 11.2. The summed E-state index contributed by atoms with van der Waals surface area (Å²) in [6.07, 6.45) is 5.85. The van der Waals surface area contributed by atoms with Crippen LogP contribution < -0.4 is 10.6 Å². The second kappa shape index (κ2) is 5.16. The van der Waals surface area contributed by atoms with Crippen molar-refractivity contribution in [1.29, 1.82) is 0 Å². The number of carbonyl (C=O) groups is 1. The maximum absolute atomic E-state index is 11.0. The standard InChI is InChI=1S/C12H19N3O/c1-2-15-6-5-10(9-15)7-13-11-3-4-12(16)14-8-11/h5-6,9,11,13H,2-4,7-8H2,1H3,(H,14,16). The molecule has 1 unspecified atom stereocenters. The molecule has 2 rings (SSSR count). The summed E-state index contributed by atoms with van der Waals surface area (Å²) < 4.78 is 2.17. The number of amides is 1. The molecule has 1 aromatic rings. The molecule has 0 spiro atoms. The maximum Gasteiger partial charge on any atom is 0.220 e. The number of piperidine rings is 1. The normalized spacial score (nSPS) is 20.8. The zero-order chi connectivity index (χ0) is 11.4. The van der Waals surface area contributed by atoms with E-state index in [1.165, 1.54) is 5.56 Å². The minimum Gasteiger partial charge on any atom is -0.355 e. The SMILES string of the molecule is CCn1ccc(CNC2CCC(=O)NC2)c1. The van der Waals surface area contributed by atoms with Gasteiger partial charge in [0.2, 0.25) is 5.91 Å². The van der Waals surface area contributed by atoms with Crippen molar-refractivity contribution in [2.75, 3.05) is 6.54 Å². The third-order valence-electron chi connectivity index (χ3n) is 3.04. The molecule has 1 amide bonds. The lowest BCUT2D eigenvalue weighted by molar-refractivity contribution is -0.122. The smallest absolute Gasteiger partial charge is 0.220 e. The number of aryl methyl sites for hydroxylation is 1. The largest absolute Gasteiger partial charge is 0.355 e. The molecule has 1 aliphatic heterocycles. The van der Waals surface area contributed by atoms with Gasteiger partial charge in [-0.25, -0.2) is 0 Å².